The summed E-state index contributed by atoms with van der Waals surface area (Å²) in [5.41, 5.74) is 5.11. The van der Waals surface area contributed by atoms with E-state index in [-0.39, 0.29) is 17.2 Å². The Balaban J connectivity index is 1.55. The van der Waals surface area contributed by atoms with Crippen molar-refractivity contribution in [2.45, 2.75) is 64.1 Å². The van der Waals surface area contributed by atoms with Gasteiger partial charge in [0.25, 0.3) is 5.56 Å². The molecule has 0 unspecified atom stereocenters. The number of nitrogens with one attached hydrogen (secondary N) is 1. The zero-order valence-electron chi connectivity index (χ0n) is 19.4. The number of nitrogens with zero attached hydrogens (tertiary/aromatic N) is 2. The molecule has 0 fully saturated rings. The first-order valence-corrected chi connectivity index (χ1v) is 12.7. The Labute approximate surface area is 199 Å². The van der Waals surface area contributed by atoms with Crippen LogP contribution in [-0.4, -0.2) is 21.2 Å². The van der Waals surface area contributed by atoms with Crippen LogP contribution in [0.25, 0.3) is 10.9 Å². The van der Waals surface area contributed by atoms with Gasteiger partial charge in [-0.1, -0.05) is 60.7 Å². The van der Waals surface area contributed by atoms with Crippen molar-refractivity contribution in [1.82, 2.24) is 9.55 Å². The molecule has 5 nitrogen and oxygen atoms in total. The topological polar surface area (TPSA) is 64.0 Å². The molecule has 0 radical (unpaired) electrons. The lowest BCUT2D eigenvalue weighted by molar-refractivity contribution is -0.113. The van der Waals surface area contributed by atoms with Gasteiger partial charge in [0.1, 0.15) is 0 Å². The second-order valence-electron chi connectivity index (χ2n) is 8.53. The van der Waals surface area contributed by atoms with E-state index in [1.165, 1.54) is 30.2 Å². The summed E-state index contributed by atoms with van der Waals surface area (Å²) in [7, 11) is 0. The quantitative estimate of drug-likeness (QED) is 0.258. The molecule has 0 saturated carbocycles. The molecule has 172 valence electrons. The molecule has 0 bridgehead atoms. The lowest BCUT2D eigenvalue weighted by Crippen LogP contribution is -2.25. The number of allylic oxidation sites excluding steroid dienone is 2. The van der Waals surface area contributed by atoms with Crippen LogP contribution in [-0.2, 0) is 17.8 Å². The second-order valence-corrected chi connectivity index (χ2v) is 9.47. The number of hydrogen-bond acceptors (Lipinski definition) is 4. The zero-order chi connectivity index (χ0) is 23.2. The van der Waals surface area contributed by atoms with E-state index in [4.69, 9.17) is 4.98 Å². The number of benzene rings is 2. The zero-order valence-corrected chi connectivity index (χ0v) is 20.2. The minimum Gasteiger partial charge on any atom is -0.325 e. The highest BCUT2D eigenvalue weighted by molar-refractivity contribution is 7.99. The third kappa shape index (κ3) is 5.56. The van der Waals surface area contributed by atoms with Crippen LogP contribution in [0.15, 0.2) is 64.1 Å². The van der Waals surface area contributed by atoms with Gasteiger partial charge in [-0.15, -0.1) is 0 Å². The maximum Gasteiger partial charge on any atom is 0.262 e. The SMILES string of the molecule is CCc1cccc(C)c1NC(=O)CSc1nc2ccccc2c(=O)n1CCC1=CCCCC1. The Bertz CT molecular complexity index is 1250. The lowest BCUT2D eigenvalue weighted by atomic mass is 9.97. The summed E-state index contributed by atoms with van der Waals surface area (Å²) in [5, 5.41) is 4.30. The third-order valence-electron chi connectivity index (χ3n) is 6.20. The lowest BCUT2D eigenvalue weighted by Gasteiger charge is -2.16. The molecule has 1 aromatic heterocycles. The second kappa shape index (κ2) is 10.8. The molecule has 2 aromatic carbocycles. The smallest absolute Gasteiger partial charge is 0.262 e. The molecule has 4 rings (SSSR count). The van der Waals surface area contributed by atoms with Crippen molar-refractivity contribution in [3.8, 4) is 0 Å². The van der Waals surface area contributed by atoms with Gasteiger partial charge in [0.2, 0.25) is 5.91 Å². The highest BCUT2D eigenvalue weighted by atomic mass is 32.2. The summed E-state index contributed by atoms with van der Waals surface area (Å²) >= 11 is 1.33. The molecule has 3 aromatic rings. The number of anilines is 1. The van der Waals surface area contributed by atoms with Crippen molar-refractivity contribution < 1.29 is 4.79 Å². The molecular formula is C27H31N3O2S. The van der Waals surface area contributed by atoms with Crippen molar-refractivity contribution in [2.24, 2.45) is 0 Å². The largest absolute Gasteiger partial charge is 0.325 e. The summed E-state index contributed by atoms with van der Waals surface area (Å²) in [6, 6.07) is 13.5. The molecular weight excluding hydrogens is 430 g/mol. The predicted molar refractivity (Wildman–Crippen MR) is 137 cm³/mol. The average molecular weight is 462 g/mol. The van der Waals surface area contributed by atoms with E-state index < -0.39 is 0 Å². The molecule has 1 amide bonds. The van der Waals surface area contributed by atoms with Gasteiger partial charge in [0.05, 0.1) is 16.7 Å². The highest BCUT2D eigenvalue weighted by Crippen LogP contribution is 2.24. The van der Waals surface area contributed by atoms with Crippen molar-refractivity contribution >= 4 is 34.3 Å². The minimum atomic E-state index is -0.0899. The fraction of sp³-hybridized carbons (Fsp3) is 0.370. The van der Waals surface area contributed by atoms with Crippen molar-refractivity contribution in [2.75, 3.05) is 11.1 Å². The Hall–Kier alpha value is -2.86. The summed E-state index contributed by atoms with van der Waals surface area (Å²) in [6.07, 6.45) is 8.72. The van der Waals surface area contributed by atoms with Crippen LogP contribution in [0, 0.1) is 6.92 Å². The maximum absolute atomic E-state index is 13.3. The monoisotopic (exact) mass is 461 g/mol. The van der Waals surface area contributed by atoms with Crippen LogP contribution in [0.5, 0.6) is 0 Å². The van der Waals surface area contributed by atoms with Gasteiger partial charge in [-0.25, -0.2) is 4.98 Å². The number of fused-ring (bicyclic) bond motifs is 1. The number of carbonyl (C=O) groups excluding carboxylic acids is 1. The van der Waals surface area contributed by atoms with E-state index >= 15 is 0 Å². The molecule has 6 heteroatoms. The molecule has 1 heterocycles. The van der Waals surface area contributed by atoms with Gasteiger partial charge in [0, 0.05) is 12.2 Å². The molecule has 1 aliphatic carbocycles. The van der Waals surface area contributed by atoms with Gasteiger partial charge in [-0.2, -0.15) is 0 Å². The van der Waals surface area contributed by atoms with Crippen molar-refractivity contribution in [3.63, 3.8) is 0 Å². The van der Waals surface area contributed by atoms with Crippen LogP contribution in [0.3, 0.4) is 0 Å². The molecule has 0 aliphatic heterocycles. The normalized spacial score (nSPS) is 13.7. The Morgan fingerprint density at radius 1 is 1.15 bits per heavy atom. The van der Waals surface area contributed by atoms with E-state index in [1.54, 1.807) is 4.57 Å². The predicted octanol–water partition coefficient (Wildman–Crippen LogP) is 5.89. The summed E-state index contributed by atoms with van der Waals surface area (Å²) < 4.78 is 1.75. The van der Waals surface area contributed by atoms with Crippen LogP contribution < -0.4 is 10.9 Å². The number of para-hydroxylation sites is 2. The Morgan fingerprint density at radius 2 is 2.00 bits per heavy atom. The number of aromatic nitrogens is 2. The van der Waals surface area contributed by atoms with E-state index in [0.29, 0.717) is 22.6 Å². The van der Waals surface area contributed by atoms with Gasteiger partial charge in [-0.3, -0.25) is 14.2 Å². The fourth-order valence-corrected chi connectivity index (χ4v) is 5.18. The first kappa shape index (κ1) is 23.3. The molecule has 1 N–H and O–H groups in total. The number of thioether (sulfide) groups is 1. The van der Waals surface area contributed by atoms with Crippen LogP contribution in [0.1, 0.15) is 50.2 Å². The van der Waals surface area contributed by atoms with Crippen LogP contribution in [0.2, 0.25) is 0 Å². The van der Waals surface area contributed by atoms with Crippen molar-refractivity contribution in [1.29, 1.82) is 0 Å². The number of aryl methyl sites for hydroxylation is 2. The molecule has 0 atom stereocenters. The van der Waals surface area contributed by atoms with Crippen LogP contribution >= 0.6 is 11.8 Å². The van der Waals surface area contributed by atoms with Gasteiger partial charge in [0.15, 0.2) is 5.16 Å². The minimum absolute atomic E-state index is 0.0351. The van der Waals surface area contributed by atoms with Gasteiger partial charge < -0.3 is 5.32 Å². The average Bonchev–Trinajstić information content (AvgIpc) is 2.84. The summed E-state index contributed by atoms with van der Waals surface area (Å²) in [5.74, 6) is 0.110. The van der Waals surface area contributed by atoms with E-state index in [9.17, 15) is 9.59 Å². The maximum atomic E-state index is 13.3. The first-order chi connectivity index (χ1) is 16.1. The molecule has 0 spiro atoms. The molecule has 33 heavy (non-hydrogen) atoms. The number of hydrogen-bond donors (Lipinski definition) is 1. The molecule has 1 aliphatic rings. The Morgan fingerprint density at radius 3 is 2.79 bits per heavy atom. The standard InChI is InChI=1S/C27H31N3O2S/c1-3-21-13-9-10-19(2)25(21)29-24(31)18-33-27-28-23-15-8-7-14-22(23)26(32)30(27)17-16-20-11-5-4-6-12-20/h7-11,13-15H,3-6,12,16-18H2,1-2H3,(H,29,31). The summed E-state index contributed by atoms with van der Waals surface area (Å²) in [4.78, 5) is 30.8. The van der Waals surface area contributed by atoms with Crippen LogP contribution in [0.4, 0.5) is 5.69 Å². The third-order valence-corrected chi connectivity index (χ3v) is 7.18. The fourth-order valence-electron chi connectivity index (χ4n) is 4.35. The van der Waals surface area contributed by atoms with Gasteiger partial charge in [-0.05, 0) is 68.7 Å². The number of carbonyl (C=O) groups is 1. The van der Waals surface area contributed by atoms with E-state index in [0.717, 1.165) is 42.5 Å². The Kier molecular flexibility index (Phi) is 7.65. The van der Waals surface area contributed by atoms with E-state index in [2.05, 4.69) is 18.3 Å². The summed E-state index contributed by atoms with van der Waals surface area (Å²) in [6.45, 7) is 4.67. The first-order valence-electron chi connectivity index (χ1n) is 11.8. The van der Waals surface area contributed by atoms with Crippen molar-refractivity contribution in [3.05, 3.63) is 75.6 Å². The molecule has 0 saturated heterocycles. The highest BCUT2D eigenvalue weighted by Gasteiger charge is 2.15. The number of rotatable bonds is 8. The number of amides is 1. The van der Waals surface area contributed by atoms with E-state index in [1.807, 2.05) is 49.4 Å². The van der Waals surface area contributed by atoms with Gasteiger partial charge >= 0.3 is 0 Å².